The SMILES string of the molecule is NCCC1(CC(=O)O)CC1(F)F. The largest absolute Gasteiger partial charge is 0.481 e. The van der Waals surface area contributed by atoms with Crippen molar-refractivity contribution in [3.63, 3.8) is 0 Å². The van der Waals surface area contributed by atoms with Crippen molar-refractivity contribution in [3.05, 3.63) is 0 Å². The van der Waals surface area contributed by atoms with Gasteiger partial charge in [-0.15, -0.1) is 0 Å². The summed E-state index contributed by atoms with van der Waals surface area (Å²) in [6.07, 6.45) is -0.715. The standard InChI is InChI=1S/C7H11F2NO2/c8-7(9)4-6(7,1-2-10)3-5(11)12/h1-4,10H2,(H,11,12). The summed E-state index contributed by atoms with van der Waals surface area (Å²) in [6, 6.07) is 0. The molecule has 0 aromatic rings. The summed E-state index contributed by atoms with van der Waals surface area (Å²) >= 11 is 0. The Kier molecular flexibility index (Phi) is 2.07. The highest BCUT2D eigenvalue weighted by molar-refractivity contribution is 5.68. The van der Waals surface area contributed by atoms with Crippen LogP contribution in [0.25, 0.3) is 0 Å². The highest BCUT2D eigenvalue weighted by Gasteiger charge is 2.70. The molecule has 12 heavy (non-hydrogen) atoms. The van der Waals surface area contributed by atoms with Crippen molar-refractivity contribution in [3.8, 4) is 0 Å². The monoisotopic (exact) mass is 179 g/mol. The molecule has 1 aliphatic carbocycles. The Morgan fingerprint density at radius 3 is 2.33 bits per heavy atom. The first-order valence-electron chi connectivity index (χ1n) is 3.73. The van der Waals surface area contributed by atoms with E-state index in [1.807, 2.05) is 0 Å². The first kappa shape index (κ1) is 9.38. The molecule has 0 spiro atoms. The van der Waals surface area contributed by atoms with Crippen molar-refractivity contribution >= 4 is 5.97 Å². The molecular formula is C7H11F2NO2. The van der Waals surface area contributed by atoms with Gasteiger partial charge in [0, 0.05) is 6.42 Å². The van der Waals surface area contributed by atoms with Gasteiger partial charge in [0.05, 0.1) is 11.8 Å². The van der Waals surface area contributed by atoms with Crippen LogP contribution in [0.3, 0.4) is 0 Å². The molecule has 0 aliphatic heterocycles. The van der Waals surface area contributed by atoms with Gasteiger partial charge in [-0.3, -0.25) is 4.79 Å². The van der Waals surface area contributed by atoms with Crippen molar-refractivity contribution in [2.24, 2.45) is 11.1 Å². The predicted molar refractivity (Wildman–Crippen MR) is 37.9 cm³/mol. The zero-order chi connectivity index (χ0) is 9.41. The van der Waals surface area contributed by atoms with Crippen LogP contribution >= 0.6 is 0 Å². The first-order chi connectivity index (χ1) is 5.43. The minimum atomic E-state index is -2.81. The third kappa shape index (κ3) is 1.41. The number of hydrogen-bond acceptors (Lipinski definition) is 2. The zero-order valence-electron chi connectivity index (χ0n) is 6.52. The van der Waals surface area contributed by atoms with Crippen LogP contribution in [0.15, 0.2) is 0 Å². The molecule has 1 fully saturated rings. The van der Waals surface area contributed by atoms with Gasteiger partial charge in [-0.25, -0.2) is 8.78 Å². The van der Waals surface area contributed by atoms with Crippen molar-refractivity contribution < 1.29 is 18.7 Å². The highest BCUT2D eigenvalue weighted by Crippen LogP contribution is 2.64. The maximum atomic E-state index is 12.7. The summed E-state index contributed by atoms with van der Waals surface area (Å²) in [6.45, 7) is 0.114. The normalized spacial score (nSPS) is 31.6. The number of alkyl halides is 2. The van der Waals surface area contributed by atoms with E-state index in [2.05, 4.69) is 0 Å². The topological polar surface area (TPSA) is 63.3 Å². The maximum absolute atomic E-state index is 12.7. The molecule has 0 radical (unpaired) electrons. The molecule has 1 rings (SSSR count). The number of hydrogen-bond donors (Lipinski definition) is 2. The lowest BCUT2D eigenvalue weighted by Crippen LogP contribution is -2.20. The number of halogens is 2. The summed E-state index contributed by atoms with van der Waals surface area (Å²) in [4.78, 5) is 10.2. The third-order valence-electron chi connectivity index (χ3n) is 2.32. The Hall–Kier alpha value is -0.710. The van der Waals surface area contributed by atoms with Gasteiger partial charge in [-0.1, -0.05) is 0 Å². The lowest BCUT2D eigenvalue weighted by molar-refractivity contribution is -0.139. The third-order valence-corrected chi connectivity index (χ3v) is 2.32. The molecule has 70 valence electrons. The zero-order valence-corrected chi connectivity index (χ0v) is 6.52. The van der Waals surface area contributed by atoms with Crippen molar-refractivity contribution in [2.75, 3.05) is 6.54 Å². The smallest absolute Gasteiger partial charge is 0.304 e. The van der Waals surface area contributed by atoms with E-state index in [1.165, 1.54) is 0 Å². The van der Waals surface area contributed by atoms with Gasteiger partial charge in [0.15, 0.2) is 0 Å². The molecule has 0 bridgehead atoms. The molecule has 1 unspecified atom stereocenters. The number of carboxylic acid groups (broad SMARTS) is 1. The molecule has 1 atom stereocenters. The van der Waals surface area contributed by atoms with Gasteiger partial charge in [0.1, 0.15) is 0 Å². The predicted octanol–water partition coefficient (Wildman–Crippen LogP) is 0.835. The van der Waals surface area contributed by atoms with Gasteiger partial charge < -0.3 is 10.8 Å². The van der Waals surface area contributed by atoms with Crippen LogP contribution in [-0.4, -0.2) is 23.5 Å². The highest BCUT2D eigenvalue weighted by atomic mass is 19.3. The van der Waals surface area contributed by atoms with Crippen LogP contribution in [0.1, 0.15) is 19.3 Å². The van der Waals surface area contributed by atoms with E-state index < -0.39 is 23.7 Å². The lowest BCUT2D eigenvalue weighted by Gasteiger charge is -2.11. The number of rotatable bonds is 4. The summed E-state index contributed by atoms with van der Waals surface area (Å²) in [7, 11) is 0. The molecule has 0 amide bonds. The summed E-state index contributed by atoms with van der Waals surface area (Å²) < 4.78 is 25.4. The van der Waals surface area contributed by atoms with Gasteiger partial charge >= 0.3 is 5.97 Å². The molecule has 1 aliphatic rings. The van der Waals surface area contributed by atoms with Crippen molar-refractivity contribution in [2.45, 2.75) is 25.2 Å². The molecule has 0 aromatic carbocycles. The van der Waals surface area contributed by atoms with E-state index in [-0.39, 0.29) is 19.4 Å². The molecule has 3 nitrogen and oxygen atoms in total. The van der Waals surface area contributed by atoms with Gasteiger partial charge in [-0.2, -0.15) is 0 Å². The van der Waals surface area contributed by atoms with Crippen LogP contribution < -0.4 is 5.73 Å². The fraction of sp³-hybridized carbons (Fsp3) is 0.857. The maximum Gasteiger partial charge on any atom is 0.304 e. The Bertz CT molecular complexity index is 208. The first-order valence-corrected chi connectivity index (χ1v) is 3.73. The molecule has 0 heterocycles. The second-order valence-corrected chi connectivity index (χ2v) is 3.27. The van der Waals surface area contributed by atoms with E-state index in [9.17, 15) is 13.6 Å². The summed E-state index contributed by atoms with van der Waals surface area (Å²) in [5.74, 6) is -3.99. The van der Waals surface area contributed by atoms with Crippen LogP contribution in [-0.2, 0) is 4.79 Å². The van der Waals surface area contributed by atoms with E-state index in [4.69, 9.17) is 10.8 Å². The van der Waals surface area contributed by atoms with E-state index in [1.54, 1.807) is 0 Å². The minimum Gasteiger partial charge on any atom is -0.481 e. The lowest BCUT2D eigenvalue weighted by atomic mass is 9.97. The Labute approximate surface area is 68.5 Å². The van der Waals surface area contributed by atoms with Crippen LogP contribution in [0.5, 0.6) is 0 Å². The molecule has 1 saturated carbocycles. The number of carboxylic acids is 1. The van der Waals surface area contributed by atoms with Crippen LogP contribution in [0.4, 0.5) is 8.78 Å². The van der Waals surface area contributed by atoms with E-state index in [0.29, 0.717) is 0 Å². The Morgan fingerprint density at radius 2 is 2.08 bits per heavy atom. The van der Waals surface area contributed by atoms with E-state index >= 15 is 0 Å². The second-order valence-electron chi connectivity index (χ2n) is 3.27. The number of carbonyl (C=O) groups is 1. The van der Waals surface area contributed by atoms with E-state index in [0.717, 1.165) is 0 Å². The molecule has 3 N–H and O–H groups in total. The van der Waals surface area contributed by atoms with Crippen molar-refractivity contribution in [1.82, 2.24) is 0 Å². The fourth-order valence-corrected chi connectivity index (χ4v) is 1.50. The number of nitrogens with two attached hydrogens (primary N) is 1. The number of aliphatic carboxylic acids is 1. The fourth-order valence-electron chi connectivity index (χ4n) is 1.50. The Morgan fingerprint density at radius 1 is 1.58 bits per heavy atom. The Balaban J connectivity index is 2.59. The quantitative estimate of drug-likeness (QED) is 0.672. The summed E-state index contributed by atoms with van der Waals surface area (Å²) in [5.41, 5.74) is 3.79. The average Bonchev–Trinajstić information content (AvgIpc) is 2.31. The molecular weight excluding hydrogens is 168 g/mol. The minimum absolute atomic E-state index is 0.0896. The van der Waals surface area contributed by atoms with Crippen LogP contribution in [0, 0.1) is 5.41 Å². The average molecular weight is 179 g/mol. The molecule has 0 saturated heterocycles. The van der Waals surface area contributed by atoms with Gasteiger partial charge in [0.2, 0.25) is 0 Å². The van der Waals surface area contributed by atoms with Gasteiger partial charge in [-0.05, 0) is 13.0 Å². The summed E-state index contributed by atoms with van der Waals surface area (Å²) in [5, 5.41) is 8.37. The van der Waals surface area contributed by atoms with Crippen molar-refractivity contribution in [1.29, 1.82) is 0 Å². The molecule has 0 aromatic heterocycles. The van der Waals surface area contributed by atoms with Crippen LogP contribution in [0.2, 0.25) is 0 Å². The second kappa shape index (κ2) is 2.65. The van der Waals surface area contributed by atoms with Gasteiger partial charge in [0.25, 0.3) is 5.92 Å². The molecule has 5 heteroatoms.